The van der Waals surface area contributed by atoms with E-state index in [0.717, 1.165) is 16.8 Å². The Balaban J connectivity index is 2.22. The van der Waals surface area contributed by atoms with Gasteiger partial charge in [-0.3, -0.25) is 4.79 Å². The van der Waals surface area contributed by atoms with Crippen LogP contribution >= 0.6 is 0 Å². The fourth-order valence-electron chi connectivity index (χ4n) is 3.42. The highest BCUT2D eigenvalue weighted by Crippen LogP contribution is 2.46. The SMILES string of the molecule is C=C1CC2Cc3nc(OC)ccc3C(/C=N\O)(C1)C2=O. The van der Waals surface area contributed by atoms with Gasteiger partial charge in [0.25, 0.3) is 0 Å². The lowest BCUT2D eigenvalue weighted by Gasteiger charge is -2.42. The number of oxime groups is 1. The summed E-state index contributed by atoms with van der Waals surface area (Å²) in [6, 6.07) is 3.58. The zero-order valence-electron chi connectivity index (χ0n) is 11.3. The number of hydrogen-bond donors (Lipinski definition) is 1. The first-order valence-corrected chi connectivity index (χ1v) is 6.54. The van der Waals surface area contributed by atoms with Crippen LogP contribution in [0.25, 0.3) is 0 Å². The average Bonchev–Trinajstić information content (AvgIpc) is 2.42. The zero-order valence-corrected chi connectivity index (χ0v) is 11.3. The van der Waals surface area contributed by atoms with Crippen molar-refractivity contribution in [1.29, 1.82) is 0 Å². The van der Waals surface area contributed by atoms with E-state index in [1.54, 1.807) is 13.2 Å². The Morgan fingerprint density at radius 3 is 3.05 bits per heavy atom. The van der Waals surface area contributed by atoms with Crippen LogP contribution in [0.5, 0.6) is 5.88 Å². The molecule has 2 aliphatic carbocycles. The minimum Gasteiger partial charge on any atom is -0.481 e. The molecule has 20 heavy (non-hydrogen) atoms. The number of pyridine rings is 1. The summed E-state index contributed by atoms with van der Waals surface area (Å²) >= 11 is 0. The molecule has 2 bridgehead atoms. The minimum atomic E-state index is -0.915. The Labute approximate surface area is 117 Å². The third-order valence-corrected chi connectivity index (χ3v) is 4.23. The number of allylic oxidation sites excluding steroid dienone is 1. The van der Waals surface area contributed by atoms with Crippen molar-refractivity contribution in [3.05, 3.63) is 35.5 Å². The maximum atomic E-state index is 12.7. The van der Waals surface area contributed by atoms with Crippen molar-refractivity contribution < 1.29 is 14.7 Å². The van der Waals surface area contributed by atoms with Crippen LogP contribution in [-0.4, -0.2) is 29.3 Å². The number of ether oxygens (including phenoxy) is 1. The first-order chi connectivity index (χ1) is 9.60. The van der Waals surface area contributed by atoms with Gasteiger partial charge in [0.2, 0.25) is 5.88 Å². The van der Waals surface area contributed by atoms with Crippen LogP contribution in [0.2, 0.25) is 0 Å². The van der Waals surface area contributed by atoms with Crippen LogP contribution in [0, 0.1) is 5.92 Å². The molecule has 1 heterocycles. The van der Waals surface area contributed by atoms with Gasteiger partial charge in [-0.05, 0) is 18.4 Å². The van der Waals surface area contributed by atoms with E-state index in [9.17, 15) is 4.79 Å². The maximum Gasteiger partial charge on any atom is 0.213 e. The molecule has 1 fully saturated rings. The van der Waals surface area contributed by atoms with Gasteiger partial charge in [0.15, 0.2) is 5.78 Å². The summed E-state index contributed by atoms with van der Waals surface area (Å²) in [6.45, 7) is 4.02. The smallest absolute Gasteiger partial charge is 0.213 e. The standard InChI is InChI=1S/C15H16N2O3/c1-9-5-10-6-12-11(3-4-13(17-12)20-2)15(7-9,8-16-19)14(10)18/h3-4,8,10,19H,1,5-7H2,2H3/b16-8-. The second-order valence-corrected chi connectivity index (χ2v) is 5.46. The second kappa shape index (κ2) is 4.44. The predicted molar refractivity (Wildman–Crippen MR) is 73.3 cm³/mol. The van der Waals surface area contributed by atoms with Crippen LogP contribution < -0.4 is 4.74 Å². The van der Waals surface area contributed by atoms with Crippen molar-refractivity contribution >= 4 is 12.0 Å². The van der Waals surface area contributed by atoms with Crippen LogP contribution in [0.15, 0.2) is 29.4 Å². The summed E-state index contributed by atoms with van der Waals surface area (Å²) in [5.74, 6) is 0.495. The molecule has 5 heteroatoms. The number of rotatable bonds is 2. The number of aromatic nitrogens is 1. The molecule has 2 unspecified atom stereocenters. The van der Waals surface area contributed by atoms with Crippen molar-refractivity contribution in [3.63, 3.8) is 0 Å². The van der Waals surface area contributed by atoms with Gasteiger partial charge < -0.3 is 9.94 Å². The summed E-state index contributed by atoms with van der Waals surface area (Å²) in [7, 11) is 1.57. The van der Waals surface area contributed by atoms with Crippen LogP contribution in [0.4, 0.5) is 0 Å². The van der Waals surface area contributed by atoms with E-state index in [4.69, 9.17) is 9.94 Å². The Kier molecular flexibility index (Phi) is 2.85. The van der Waals surface area contributed by atoms with E-state index >= 15 is 0 Å². The second-order valence-electron chi connectivity index (χ2n) is 5.46. The van der Waals surface area contributed by atoms with E-state index in [1.807, 2.05) is 6.07 Å². The Morgan fingerprint density at radius 2 is 2.35 bits per heavy atom. The van der Waals surface area contributed by atoms with E-state index in [2.05, 4.69) is 16.7 Å². The molecule has 1 aromatic rings. The number of hydrogen-bond acceptors (Lipinski definition) is 5. The van der Waals surface area contributed by atoms with Crippen molar-refractivity contribution in [1.82, 2.24) is 4.98 Å². The summed E-state index contributed by atoms with van der Waals surface area (Å²) in [5.41, 5.74) is 1.75. The molecule has 5 nitrogen and oxygen atoms in total. The van der Waals surface area contributed by atoms with E-state index in [1.165, 1.54) is 6.21 Å². The van der Waals surface area contributed by atoms with Gasteiger partial charge >= 0.3 is 0 Å². The lowest BCUT2D eigenvalue weighted by atomic mass is 9.59. The molecule has 0 spiro atoms. The van der Waals surface area contributed by atoms with Gasteiger partial charge in [-0.2, -0.15) is 0 Å². The first-order valence-electron chi connectivity index (χ1n) is 6.54. The normalized spacial score (nSPS) is 28.6. The number of Topliss-reactive ketones (excluding diaryl/α,β-unsaturated/α-hetero) is 1. The highest BCUT2D eigenvalue weighted by molar-refractivity contribution is 6.09. The van der Waals surface area contributed by atoms with Gasteiger partial charge in [0.05, 0.1) is 18.7 Å². The Bertz CT molecular complexity index is 624. The number of carbonyl (C=O) groups is 1. The molecule has 1 N–H and O–H groups in total. The molecular weight excluding hydrogens is 256 g/mol. The molecule has 0 aliphatic heterocycles. The molecule has 0 amide bonds. The number of carbonyl (C=O) groups excluding carboxylic acids is 1. The topological polar surface area (TPSA) is 71.8 Å². The van der Waals surface area contributed by atoms with Gasteiger partial charge in [-0.25, -0.2) is 4.98 Å². The summed E-state index contributed by atoms with van der Waals surface area (Å²) < 4.78 is 5.15. The highest BCUT2D eigenvalue weighted by Gasteiger charge is 2.51. The minimum absolute atomic E-state index is 0.0992. The first kappa shape index (κ1) is 12.8. The Morgan fingerprint density at radius 1 is 1.55 bits per heavy atom. The molecule has 1 aromatic heterocycles. The highest BCUT2D eigenvalue weighted by atomic mass is 16.5. The molecular formula is C15H16N2O3. The molecule has 1 saturated carbocycles. The van der Waals surface area contributed by atoms with E-state index in [-0.39, 0.29) is 11.7 Å². The fraction of sp³-hybridized carbons (Fsp3) is 0.400. The molecule has 104 valence electrons. The van der Waals surface area contributed by atoms with Crippen LogP contribution in [0.1, 0.15) is 24.1 Å². The van der Waals surface area contributed by atoms with Gasteiger partial charge in [0, 0.05) is 24.1 Å². The molecule has 0 saturated heterocycles. The molecule has 2 aliphatic rings. The molecule has 0 aromatic carbocycles. The monoisotopic (exact) mass is 272 g/mol. The quantitative estimate of drug-likeness (QED) is 0.386. The third kappa shape index (κ3) is 1.66. The van der Waals surface area contributed by atoms with E-state index in [0.29, 0.717) is 25.1 Å². The van der Waals surface area contributed by atoms with Crippen molar-refractivity contribution in [3.8, 4) is 5.88 Å². The Hall–Kier alpha value is -2.17. The number of methoxy groups -OCH3 is 1. The predicted octanol–water partition coefficient (Wildman–Crippen LogP) is 1.88. The lowest BCUT2D eigenvalue weighted by Crippen LogP contribution is -2.50. The van der Waals surface area contributed by atoms with Crippen molar-refractivity contribution in [2.24, 2.45) is 11.1 Å². The van der Waals surface area contributed by atoms with Crippen molar-refractivity contribution in [2.75, 3.05) is 7.11 Å². The third-order valence-electron chi connectivity index (χ3n) is 4.23. The summed E-state index contributed by atoms with van der Waals surface area (Å²) in [6.07, 6.45) is 3.08. The summed E-state index contributed by atoms with van der Waals surface area (Å²) in [4.78, 5) is 17.1. The number of nitrogens with zero attached hydrogens (tertiary/aromatic N) is 2. The molecule has 0 radical (unpaired) electrons. The maximum absolute atomic E-state index is 12.7. The van der Waals surface area contributed by atoms with E-state index < -0.39 is 5.41 Å². The van der Waals surface area contributed by atoms with Crippen LogP contribution in [0.3, 0.4) is 0 Å². The van der Waals surface area contributed by atoms with Gasteiger partial charge in [-0.1, -0.05) is 18.2 Å². The number of ketones is 1. The number of fused-ring (bicyclic) bond motifs is 4. The molecule has 3 rings (SSSR count). The zero-order chi connectivity index (χ0) is 14.3. The summed E-state index contributed by atoms with van der Waals surface area (Å²) in [5, 5.41) is 12.1. The fourth-order valence-corrected chi connectivity index (χ4v) is 3.42. The van der Waals surface area contributed by atoms with Crippen LogP contribution in [-0.2, 0) is 16.6 Å². The largest absolute Gasteiger partial charge is 0.481 e. The lowest BCUT2D eigenvalue weighted by molar-refractivity contribution is -0.128. The van der Waals surface area contributed by atoms with Crippen molar-refractivity contribution in [2.45, 2.75) is 24.7 Å². The average molecular weight is 272 g/mol. The van der Waals surface area contributed by atoms with Gasteiger partial charge in [-0.15, -0.1) is 5.16 Å². The molecule has 2 atom stereocenters. The van der Waals surface area contributed by atoms with Gasteiger partial charge in [0.1, 0.15) is 0 Å².